The Morgan fingerprint density at radius 3 is 2.96 bits per heavy atom. The van der Waals surface area contributed by atoms with Gasteiger partial charge < -0.3 is 29.3 Å². The van der Waals surface area contributed by atoms with Gasteiger partial charge in [0.25, 0.3) is 0 Å². The van der Waals surface area contributed by atoms with Crippen LogP contribution in [0.5, 0.6) is 11.5 Å². The molecule has 0 unspecified atom stereocenters. The van der Waals surface area contributed by atoms with Gasteiger partial charge in [-0.25, -0.2) is 4.79 Å². The molecular weight excluding hydrogens is 362 g/mol. The molecule has 3 heterocycles. The second kappa shape index (κ2) is 5.01. The van der Waals surface area contributed by atoms with Gasteiger partial charge >= 0.3 is 5.97 Å². The van der Waals surface area contributed by atoms with Crippen LogP contribution in [0.3, 0.4) is 0 Å². The monoisotopic (exact) mass is 387 g/mol. The van der Waals surface area contributed by atoms with Crippen LogP contribution in [0.2, 0.25) is 0 Å². The number of aliphatic hydroxyl groups is 1. The van der Waals surface area contributed by atoms with Crippen molar-refractivity contribution in [2.45, 2.75) is 67.5 Å². The van der Waals surface area contributed by atoms with E-state index in [0.29, 0.717) is 31.6 Å². The molecule has 1 aromatic carbocycles. The summed E-state index contributed by atoms with van der Waals surface area (Å²) in [4.78, 5) is 14.7. The number of phenols is 1. The zero-order valence-corrected chi connectivity index (χ0v) is 16.1. The van der Waals surface area contributed by atoms with Crippen molar-refractivity contribution in [1.82, 2.24) is 4.90 Å². The number of fused-ring (bicyclic) bond motifs is 1. The number of piperidine rings is 1. The van der Waals surface area contributed by atoms with Crippen LogP contribution in [0.15, 0.2) is 12.1 Å². The van der Waals surface area contributed by atoms with Crippen LogP contribution in [0.4, 0.5) is 0 Å². The lowest BCUT2D eigenvalue weighted by Crippen LogP contribution is -2.77. The average molecular weight is 387 g/mol. The normalized spacial score (nSPS) is 44.8. The summed E-state index contributed by atoms with van der Waals surface area (Å²) < 4.78 is 17.6. The molecule has 3 fully saturated rings. The number of esters is 1. The van der Waals surface area contributed by atoms with Crippen molar-refractivity contribution in [1.29, 1.82) is 0 Å². The minimum atomic E-state index is -0.979. The topological polar surface area (TPSA) is 91.8 Å². The standard InChI is InChI=1S/C21H25NO6/c1-3-26-17(24)16-20(28-16)6-7-21(25)13-10-11-4-5-12(23)15-14(11)19(21,18(20)27-15)8-9-22(13)2/h4-5,13,16,18,23,25H,3,6-10H2,1-2H3/t13-,16+,18-,19+,20+,21-/m1/s1. The predicted molar refractivity (Wildman–Crippen MR) is 97.4 cm³/mol. The summed E-state index contributed by atoms with van der Waals surface area (Å²) in [5.41, 5.74) is -0.402. The van der Waals surface area contributed by atoms with Crippen molar-refractivity contribution in [2.75, 3.05) is 20.2 Å². The Labute approximate surface area is 163 Å². The molecule has 3 aliphatic heterocycles. The summed E-state index contributed by atoms with van der Waals surface area (Å²) in [5, 5.41) is 22.6. The third kappa shape index (κ3) is 1.63. The van der Waals surface area contributed by atoms with Gasteiger partial charge in [0.2, 0.25) is 0 Å². The largest absolute Gasteiger partial charge is 0.504 e. The fourth-order valence-corrected chi connectivity index (χ4v) is 6.82. The molecule has 0 radical (unpaired) electrons. The third-order valence-electron chi connectivity index (χ3n) is 8.05. The number of hydrogen-bond acceptors (Lipinski definition) is 7. The first kappa shape index (κ1) is 17.1. The Hall–Kier alpha value is -1.83. The lowest BCUT2D eigenvalue weighted by molar-refractivity contribution is -0.196. The molecule has 2 saturated heterocycles. The number of phenolic OH excluding ortho intramolecular Hbond substituents is 1. The van der Waals surface area contributed by atoms with Crippen molar-refractivity contribution in [3.05, 3.63) is 23.3 Å². The summed E-state index contributed by atoms with van der Waals surface area (Å²) in [7, 11) is 2.06. The van der Waals surface area contributed by atoms with E-state index in [-0.39, 0.29) is 17.8 Å². The van der Waals surface area contributed by atoms with E-state index in [1.54, 1.807) is 13.0 Å². The van der Waals surface area contributed by atoms with E-state index in [9.17, 15) is 15.0 Å². The van der Waals surface area contributed by atoms with Crippen molar-refractivity contribution in [3.8, 4) is 11.5 Å². The number of nitrogens with zero attached hydrogens (tertiary/aromatic N) is 1. The van der Waals surface area contributed by atoms with Gasteiger partial charge in [-0.3, -0.25) is 0 Å². The number of aromatic hydroxyl groups is 1. The summed E-state index contributed by atoms with van der Waals surface area (Å²) in [6, 6.07) is 3.60. The first-order valence-electron chi connectivity index (χ1n) is 10.2. The second-order valence-electron chi connectivity index (χ2n) is 9.00. The van der Waals surface area contributed by atoms with Gasteiger partial charge in [-0.05, 0) is 57.8 Å². The molecule has 28 heavy (non-hydrogen) atoms. The van der Waals surface area contributed by atoms with Crippen molar-refractivity contribution in [3.63, 3.8) is 0 Å². The molecule has 150 valence electrons. The highest BCUT2D eigenvalue weighted by atomic mass is 16.7. The SMILES string of the molecule is CCOC(=O)[C@@H]1O[C@@]12CC[C@@]1(O)[C@H]3Cc4ccc(O)c5c4[C@@]1(CCN3C)[C@H]2O5. The molecule has 7 heteroatoms. The van der Waals surface area contributed by atoms with Gasteiger partial charge in [-0.1, -0.05) is 6.07 Å². The average Bonchev–Trinajstić information content (AvgIpc) is 3.27. The number of epoxide rings is 1. The van der Waals surface area contributed by atoms with Gasteiger partial charge in [0, 0.05) is 11.6 Å². The Balaban J connectivity index is 1.55. The number of rotatable bonds is 2. The molecule has 6 atom stereocenters. The smallest absolute Gasteiger partial charge is 0.338 e. The Morgan fingerprint density at radius 1 is 1.36 bits per heavy atom. The van der Waals surface area contributed by atoms with Gasteiger partial charge in [0.05, 0.1) is 17.6 Å². The van der Waals surface area contributed by atoms with Crippen LogP contribution >= 0.6 is 0 Å². The molecular formula is C21H25NO6. The first-order valence-corrected chi connectivity index (χ1v) is 10.2. The highest BCUT2D eigenvalue weighted by Crippen LogP contribution is 2.70. The fraction of sp³-hybridized carbons (Fsp3) is 0.667. The summed E-state index contributed by atoms with van der Waals surface area (Å²) >= 11 is 0. The maximum atomic E-state index is 12.4. The van der Waals surface area contributed by atoms with E-state index in [2.05, 4.69) is 11.9 Å². The number of ether oxygens (including phenoxy) is 3. The first-order chi connectivity index (χ1) is 13.4. The highest BCUT2D eigenvalue weighted by Gasteiger charge is 2.82. The molecule has 1 saturated carbocycles. The molecule has 6 rings (SSSR count). The number of carbonyl (C=O) groups excluding carboxylic acids is 1. The third-order valence-corrected chi connectivity index (χ3v) is 8.05. The van der Waals surface area contributed by atoms with Crippen LogP contribution < -0.4 is 4.74 Å². The van der Waals surface area contributed by atoms with Gasteiger partial charge in [-0.2, -0.15) is 0 Å². The van der Waals surface area contributed by atoms with Gasteiger partial charge in [0.15, 0.2) is 17.6 Å². The van der Waals surface area contributed by atoms with Crippen LogP contribution in [0, 0.1) is 0 Å². The minimum Gasteiger partial charge on any atom is -0.504 e. The van der Waals surface area contributed by atoms with Crippen molar-refractivity contribution < 1.29 is 29.2 Å². The maximum absolute atomic E-state index is 12.4. The van der Waals surface area contributed by atoms with Crippen LogP contribution in [0.25, 0.3) is 0 Å². The fourth-order valence-electron chi connectivity index (χ4n) is 6.82. The molecule has 2 N–H and O–H groups in total. The van der Waals surface area contributed by atoms with E-state index >= 15 is 0 Å². The van der Waals surface area contributed by atoms with E-state index in [1.807, 2.05) is 6.07 Å². The number of hydrogen-bond donors (Lipinski definition) is 2. The summed E-state index contributed by atoms with van der Waals surface area (Å²) in [6.45, 7) is 2.90. The molecule has 2 aliphatic carbocycles. The van der Waals surface area contributed by atoms with Gasteiger partial charge in [-0.15, -0.1) is 0 Å². The predicted octanol–water partition coefficient (Wildman–Crippen LogP) is 0.877. The lowest BCUT2D eigenvalue weighted by Gasteiger charge is -2.63. The number of likely N-dealkylation sites (N-methyl/N-ethyl adjacent to an activating group) is 1. The summed E-state index contributed by atoms with van der Waals surface area (Å²) in [5.74, 6) is 0.183. The molecule has 5 aliphatic rings. The zero-order valence-electron chi connectivity index (χ0n) is 16.1. The van der Waals surface area contributed by atoms with Crippen LogP contribution in [-0.2, 0) is 26.1 Å². The highest BCUT2D eigenvalue weighted by molar-refractivity contribution is 5.80. The molecule has 0 aromatic heterocycles. The van der Waals surface area contributed by atoms with E-state index < -0.39 is 28.8 Å². The molecule has 0 amide bonds. The van der Waals surface area contributed by atoms with Crippen LogP contribution in [0.1, 0.15) is 37.3 Å². The van der Waals surface area contributed by atoms with Gasteiger partial charge in [0.1, 0.15) is 11.7 Å². The van der Waals surface area contributed by atoms with Crippen molar-refractivity contribution >= 4 is 5.97 Å². The Morgan fingerprint density at radius 2 is 2.18 bits per heavy atom. The number of likely N-dealkylation sites (tertiary alicyclic amines) is 1. The van der Waals surface area contributed by atoms with E-state index in [1.165, 1.54) is 0 Å². The molecule has 2 spiro atoms. The maximum Gasteiger partial charge on any atom is 0.338 e. The van der Waals surface area contributed by atoms with E-state index in [0.717, 1.165) is 24.1 Å². The molecule has 2 bridgehead atoms. The summed E-state index contributed by atoms with van der Waals surface area (Å²) in [6.07, 6.45) is 1.32. The quantitative estimate of drug-likeness (QED) is 0.575. The van der Waals surface area contributed by atoms with Crippen molar-refractivity contribution in [2.24, 2.45) is 0 Å². The molecule has 1 aromatic rings. The second-order valence-corrected chi connectivity index (χ2v) is 9.00. The zero-order chi connectivity index (χ0) is 19.5. The Bertz CT molecular complexity index is 903. The lowest BCUT2D eigenvalue weighted by atomic mass is 9.47. The Kier molecular flexibility index (Phi) is 3.05. The van der Waals surface area contributed by atoms with E-state index in [4.69, 9.17) is 14.2 Å². The minimum absolute atomic E-state index is 0.0208. The van der Waals surface area contributed by atoms with Crippen LogP contribution in [-0.4, -0.2) is 70.7 Å². The number of carbonyl (C=O) groups is 1. The molecule has 7 nitrogen and oxygen atoms in total. The number of benzene rings is 1.